The second-order valence-electron chi connectivity index (χ2n) is 6.10. The summed E-state index contributed by atoms with van der Waals surface area (Å²) in [5.74, 6) is -2.35. The summed E-state index contributed by atoms with van der Waals surface area (Å²) in [6.45, 7) is 1.76. The van der Waals surface area contributed by atoms with Crippen LogP contribution in [-0.4, -0.2) is 32.4 Å². The molecule has 3 aromatic carbocycles. The Balaban J connectivity index is 2.17. The molecule has 0 radical (unpaired) electrons. The molecule has 6 nitrogen and oxygen atoms in total. The summed E-state index contributed by atoms with van der Waals surface area (Å²) in [7, 11) is 0. The van der Waals surface area contributed by atoms with E-state index in [9.17, 15) is 30.0 Å². The standard InChI is InChI=1S/C21H16O6/c1-11-8-12(18-9-13(22)3-6-16(18)20(24)25)2-5-15(11)19-10-14(23)4-7-17(19)21(26)27/h2-10,22-23H,1H3,(H,24,25)(H,26,27). The van der Waals surface area contributed by atoms with Gasteiger partial charge in [0, 0.05) is 5.56 Å². The van der Waals surface area contributed by atoms with E-state index in [1.165, 1.54) is 36.4 Å². The minimum Gasteiger partial charge on any atom is -0.508 e. The van der Waals surface area contributed by atoms with Crippen LogP contribution in [0.15, 0.2) is 54.6 Å². The molecule has 27 heavy (non-hydrogen) atoms. The summed E-state index contributed by atoms with van der Waals surface area (Å²) in [6.07, 6.45) is 0. The molecular weight excluding hydrogens is 348 g/mol. The van der Waals surface area contributed by atoms with Crippen LogP contribution in [0.1, 0.15) is 26.3 Å². The minimum atomic E-state index is -1.12. The fourth-order valence-electron chi connectivity index (χ4n) is 3.03. The van der Waals surface area contributed by atoms with Crippen LogP contribution < -0.4 is 0 Å². The van der Waals surface area contributed by atoms with Crippen LogP contribution in [0.3, 0.4) is 0 Å². The van der Waals surface area contributed by atoms with Gasteiger partial charge in [0.25, 0.3) is 0 Å². The molecule has 0 bridgehead atoms. The quantitative estimate of drug-likeness (QED) is 0.553. The van der Waals surface area contributed by atoms with Gasteiger partial charge in [-0.25, -0.2) is 9.59 Å². The van der Waals surface area contributed by atoms with E-state index in [2.05, 4.69) is 0 Å². The highest BCUT2D eigenvalue weighted by molar-refractivity contribution is 5.98. The number of benzene rings is 3. The van der Waals surface area contributed by atoms with E-state index in [1.807, 2.05) is 0 Å². The van der Waals surface area contributed by atoms with Crippen LogP contribution in [0.2, 0.25) is 0 Å². The molecule has 0 atom stereocenters. The topological polar surface area (TPSA) is 115 Å². The Morgan fingerprint density at radius 2 is 1.19 bits per heavy atom. The van der Waals surface area contributed by atoms with Crippen molar-refractivity contribution in [1.29, 1.82) is 0 Å². The van der Waals surface area contributed by atoms with E-state index in [4.69, 9.17) is 0 Å². The maximum atomic E-state index is 11.5. The summed E-state index contributed by atoms with van der Waals surface area (Å²) < 4.78 is 0. The van der Waals surface area contributed by atoms with Crippen molar-refractivity contribution < 1.29 is 30.0 Å². The van der Waals surface area contributed by atoms with Crippen molar-refractivity contribution in [2.75, 3.05) is 0 Å². The lowest BCUT2D eigenvalue weighted by atomic mass is 9.91. The van der Waals surface area contributed by atoms with Crippen molar-refractivity contribution in [2.45, 2.75) is 6.92 Å². The molecule has 0 saturated carbocycles. The largest absolute Gasteiger partial charge is 0.508 e. The summed E-state index contributed by atoms with van der Waals surface area (Å²) in [5, 5.41) is 38.2. The van der Waals surface area contributed by atoms with E-state index in [-0.39, 0.29) is 22.6 Å². The van der Waals surface area contributed by atoms with Gasteiger partial charge in [0.15, 0.2) is 0 Å². The lowest BCUT2D eigenvalue weighted by Gasteiger charge is -2.13. The van der Waals surface area contributed by atoms with Gasteiger partial charge in [0.2, 0.25) is 0 Å². The lowest BCUT2D eigenvalue weighted by molar-refractivity contribution is 0.0686. The van der Waals surface area contributed by atoms with Gasteiger partial charge in [-0.1, -0.05) is 18.2 Å². The van der Waals surface area contributed by atoms with Crippen LogP contribution in [0, 0.1) is 6.92 Å². The molecule has 136 valence electrons. The first kappa shape index (κ1) is 18.0. The maximum absolute atomic E-state index is 11.5. The van der Waals surface area contributed by atoms with Crippen LogP contribution in [0.5, 0.6) is 11.5 Å². The zero-order valence-electron chi connectivity index (χ0n) is 14.3. The maximum Gasteiger partial charge on any atom is 0.336 e. The Kier molecular flexibility index (Phi) is 4.56. The Labute approximate surface area is 154 Å². The first-order chi connectivity index (χ1) is 12.8. The highest BCUT2D eigenvalue weighted by Crippen LogP contribution is 2.34. The first-order valence-corrected chi connectivity index (χ1v) is 8.02. The Morgan fingerprint density at radius 3 is 1.70 bits per heavy atom. The number of aromatic carboxylic acids is 2. The molecule has 6 heteroatoms. The van der Waals surface area contributed by atoms with Crippen molar-refractivity contribution in [3.8, 4) is 33.8 Å². The summed E-state index contributed by atoms with van der Waals surface area (Å²) in [4.78, 5) is 23.0. The zero-order chi connectivity index (χ0) is 19.7. The number of phenolic OH excluding ortho intramolecular Hbond substituents is 2. The third-order valence-electron chi connectivity index (χ3n) is 4.29. The number of hydrogen-bond donors (Lipinski definition) is 4. The molecule has 4 N–H and O–H groups in total. The molecular formula is C21H16O6. The second-order valence-corrected chi connectivity index (χ2v) is 6.10. The molecule has 0 spiro atoms. The number of aryl methyl sites for hydroxylation is 1. The highest BCUT2D eigenvalue weighted by atomic mass is 16.4. The molecule has 0 amide bonds. The van der Waals surface area contributed by atoms with Gasteiger partial charge in [-0.2, -0.15) is 0 Å². The van der Waals surface area contributed by atoms with Crippen molar-refractivity contribution in [1.82, 2.24) is 0 Å². The number of hydrogen-bond acceptors (Lipinski definition) is 4. The normalized spacial score (nSPS) is 10.6. The predicted octanol–water partition coefficient (Wildman–Crippen LogP) is 4.14. The molecule has 0 aliphatic heterocycles. The average molecular weight is 364 g/mol. The summed E-state index contributed by atoms with van der Waals surface area (Å²) >= 11 is 0. The second kappa shape index (κ2) is 6.84. The molecule has 0 fully saturated rings. The molecule has 0 heterocycles. The fraction of sp³-hybridized carbons (Fsp3) is 0.0476. The van der Waals surface area contributed by atoms with E-state index < -0.39 is 11.9 Å². The van der Waals surface area contributed by atoms with Crippen LogP contribution in [0.25, 0.3) is 22.3 Å². The minimum absolute atomic E-state index is 0.0449. The number of rotatable bonds is 4. The average Bonchev–Trinajstić information content (AvgIpc) is 2.60. The molecule has 3 aromatic rings. The van der Waals surface area contributed by atoms with Crippen LogP contribution in [0.4, 0.5) is 0 Å². The van der Waals surface area contributed by atoms with Crippen molar-refractivity contribution in [2.24, 2.45) is 0 Å². The van der Waals surface area contributed by atoms with Gasteiger partial charge in [0.05, 0.1) is 11.1 Å². The molecule has 3 rings (SSSR count). The Hall–Kier alpha value is -3.80. The number of carbonyl (C=O) groups is 2. The third-order valence-corrected chi connectivity index (χ3v) is 4.29. The van der Waals surface area contributed by atoms with E-state index in [0.717, 1.165) is 0 Å². The molecule has 0 aliphatic rings. The van der Waals surface area contributed by atoms with E-state index in [0.29, 0.717) is 27.8 Å². The summed E-state index contributed by atoms with van der Waals surface area (Å²) in [6, 6.07) is 13.1. The zero-order valence-corrected chi connectivity index (χ0v) is 14.3. The van der Waals surface area contributed by atoms with Crippen molar-refractivity contribution in [3.63, 3.8) is 0 Å². The van der Waals surface area contributed by atoms with Gasteiger partial charge < -0.3 is 20.4 Å². The molecule has 0 unspecified atom stereocenters. The van der Waals surface area contributed by atoms with Crippen molar-refractivity contribution in [3.05, 3.63) is 71.3 Å². The monoisotopic (exact) mass is 364 g/mol. The lowest BCUT2D eigenvalue weighted by Crippen LogP contribution is -2.01. The van der Waals surface area contributed by atoms with Crippen LogP contribution >= 0.6 is 0 Å². The predicted molar refractivity (Wildman–Crippen MR) is 99.3 cm³/mol. The molecule has 0 saturated heterocycles. The van der Waals surface area contributed by atoms with Gasteiger partial charge in [0.1, 0.15) is 11.5 Å². The van der Waals surface area contributed by atoms with Crippen LogP contribution in [-0.2, 0) is 0 Å². The first-order valence-electron chi connectivity index (χ1n) is 8.02. The number of aromatic hydroxyl groups is 2. The SMILES string of the molecule is Cc1cc(-c2cc(O)ccc2C(=O)O)ccc1-c1cc(O)ccc1C(=O)O. The van der Waals surface area contributed by atoms with E-state index >= 15 is 0 Å². The Morgan fingerprint density at radius 1 is 0.667 bits per heavy atom. The molecule has 0 aliphatic carbocycles. The summed E-state index contributed by atoms with van der Waals surface area (Å²) in [5.41, 5.74) is 2.68. The number of phenols is 2. The number of carboxylic acid groups (broad SMARTS) is 2. The van der Waals surface area contributed by atoms with Gasteiger partial charge in [-0.15, -0.1) is 0 Å². The smallest absolute Gasteiger partial charge is 0.336 e. The van der Waals surface area contributed by atoms with E-state index in [1.54, 1.807) is 25.1 Å². The number of carboxylic acids is 2. The highest BCUT2D eigenvalue weighted by Gasteiger charge is 2.17. The van der Waals surface area contributed by atoms with Gasteiger partial charge >= 0.3 is 11.9 Å². The van der Waals surface area contributed by atoms with Gasteiger partial charge in [-0.3, -0.25) is 0 Å². The van der Waals surface area contributed by atoms with Gasteiger partial charge in [-0.05, 0) is 65.6 Å². The third kappa shape index (κ3) is 3.46. The fourth-order valence-corrected chi connectivity index (χ4v) is 3.03. The Bertz CT molecular complexity index is 1070. The van der Waals surface area contributed by atoms with Crippen molar-refractivity contribution >= 4 is 11.9 Å². The molecule has 0 aromatic heterocycles.